The minimum Gasteiger partial charge on any atom is -1.00 e. The first kappa shape index (κ1) is 24.9. The second-order valence-electron chi connectivity index (χ2n) is 4.22. The quantitative estimate of drug-likeness (QED) is 0.700. The van der Waals surface area contributed by atoms with Crippen LogP contribution in [-0.4, -0.2) is 27.3 Å². The number of benzene rings is 1. The molecular weight excluding hydrogens is 283 g/mol. The van der Waals surface area contributed by atoms with E-state index in [-0.39, 0.29) is 31.0 Å². The molecule has 0 aliphatic carbocycles. The Kier molecular flexibility index (Phi) is 18.2. The molecule has 0 radical (unpaired) electrons. The number of unbranched alkanes of at least 4 members (excludes halogenated alkanes) is 1. The molecule has 3 N–H and O–H groups in total. The molecule has 6 heteroatoms. The van der Waals surface area contributed by atoms with E-state index in [2.05, 4.69) is 6.92 Å². The summed E-state index contributed by atoms with van der Waals surface area (Å²) in [5, 5.41) is 24.5. The van der Waals surface area contributed by atoms with Crippen LogP contribution in [0.15, 0.2) is 18.2 Å². The normalized spacial score (nSPS) is 8.19. The van der Waals surface area contributed by atoms with Crippen molar-refractivity contribution in [3.63, 3.8) is 0 Å². The van der Waals surface area contributed by atoms with Crippen LogP contribution in [0, 0.1) is 6.92 Å². The van der Waals surface area contributed by atoms with Crippen LogP contribution in [-0.2, 0) is 16.0 Å². The van der Waals surface area contributed by atoms with E-state index in [4.69, 9.17) is 19.8 Å². The van der Waals surface area contributed by atoms with Crippen LogP contribution in [0.4, 0.5) is 0 Å². The van der Waals surface area contributed by atoms with Gasteiger partial charge in [-0.05, 0) is 30.9 Å². The number of carbonyl (C=O) groups is 2. The minimum atomic E-state index is -0.833. The fourth-order valence-electron chi connectivity index (χ4n) is 1.29. The molecule has 0 saturated heterocycles. The third-order valence-corrected chi connectivity index (χ3v) is 2.12. The minimum absolute atomic E-state index is 0. The van der Waals surface area contributed by atoms with E-state index < -0.39 is 11.9 Å². The number of phenolic OH excluding ortho intramolecular Hbond substituents is 1. The molecule has 0 atom stereocenters. The average Bonchev–Trinajstić information content (AvgIpc) is 2.30. The van der Waals surface area contributed by atoms with Crippen LogP contribution in [0.1, 0.15) is 46.2 Å². The molecule has 0 fully saturated rings. The molecule has 0 aromatic heterocycles. The van der Waals surface area contributed by atoms with Crippen molar-refractivity contribution in [3.05, 3.63) is 29.3 Å². The van der Waals surface area contributed by atoms with E-state index >= 15 is 0 Å². The number of aromatic hydroxyl groups is 1. The van der Waals surface area contributed by atoms with Gasteiger partial charge >= 0.3 is 29.6 Å². The first-order valence-corrected chi connectivity index (χ1v) is 6.38. The molecule has 0 heterocycles. The molecule has 1 rings (SSSR count). The predicted octanol–water partition coefficient (Wildman–Crippen LogP) is 0.342. The second kappa shape index (κ2) is 15.4. The molecule has 0 spiro atoms. The van der Waals surface area contributed by atoms with Crippen molar-refractivity contribution in [3.8, 4) is 5.75 Å². The van der Waals surface area contributed by atoms with Gasteiger partial charge in [-0.2, -0.15) is 0 Å². The summed E-state index contributed by atoms with van der Waals surface area (Å²) in [5.41, 5.74) is 2.06. The Bertz CT molecular complexity index is 404. The zero-order valence-corrected chi connectivity index (χ0v) is 15.5. The molecule has 0 bridgehead atoms. The average molecular weight is 308 g/mol. The van der Waals surface area contributed by atoms with Crippen molar-refractivity contribution in [1.82, 2.24) is 0 Å². The zero-order valence-electron chi connectivity index (χ0n) is 14.5. The van der Waals surface area contributed by atoms with E-state index in [9.17, 15) is 5.11 Å². The van der Waals surface area contributed by atoms with Gasteiger partial charge < -0.3 is 16.7 Å². The van der Waals surface area contributed by atoms with Gasteiger partial charge in [-0.25, -0.2) is 0 Å². The van der Waals surface area contributed by atoms with Gasteiger partial charge in [-0.3, -0.25) is 9.59 Å². The Balaban J connectivity index is -0.000000138. The Morgan fingerprint density at radius 1 is 1.14 bits per heavy atom. The van der Waals surface area contributed by atoms with Crippen molar-refractivity contribution in [2.45, 2.75) is 47.0 Å². The number of carboxylic acids is 2. The molecule has 1 aromatic rings. The number of aryl methyl sites for hydroxylation is 2. The Morgan fingerprint density at radius 3 is 1.95 bits per heavy atom. The number of hydrogen-bond acceptors (Lipinski definition) is 3. The molecule has 1 aromatic carbocycles. The molecule has 21 heavy (non-hydrogen) atoms. The van der Waals surface area contributed by atoms with Crippen molar-refractivity contribution in [2.75, 3.05) is 0 Å². The number of hydrogen-bond donors (Lipinski definition) is 3. The van der Waals surface area contributed by atoms with E-state index in [0.717, 1.165) is 37.8 Å². The van der Waals surface area contributed by atoms with Gasteiger partial charge in [0.2, 0.25) is 0 Å². The third kappa shape index (κ3) is 19.0. The van der Waals surface area contributed by atoms with Crippen LogP contribution in [0.25, 0.3) is 0 Å². The zero-order chi connectivity index (χ0) is 16.1. The third-order valence-electron chi connectivity index (χ3n) is 2.12. The van der Waals surface area contributed by atoms with Crippen molar-refractivity contribution < 1.29 is 55.9 Å². The monoisotopic (exact) mass is 308 g/mol. The van der Waals surface area contributed by atoms with Gasteiger partial charge in [0.15, 0.2) is 0 Å². The number of phenols is 1. The van der Waals surface area contributed by atoms with Crippen molar-refractivity contribution >= 4 is 11.9 Å². The molecular formula is C15H25NaO5. The van der Waals surface area contributed by atoms with Crippen LogP contribution < -0.4 is 29.6 Å². The van der Waals surface area contributed by atoms with Crippen molar-refractivity contribution in [2.24, 2.45) is 0 Å². The fraction of sp³-hybridized carbons (Fsp3) is 0.467. The molecule has 0 aliphatic rings. The maximum atomic E-state index is 9.62. The van der Waals surface area contributed by atoms with Gasteiger partial charge in [-0.1, -0.05) is 31.5 Å². The number of rotatable bonds is 3. The first-order valence-electron chi connectivity index (χ1n) is 6.38. The summed E-state index contributed by atoms with van der Waals surface area (Å²) in [4.78, 5) is 18.0. The first-order chi connectivity index (χ1) is 9.22. The molecule has 0 saturated carbocycles. The maximum Gasteiger partial charge on any atom is 1.00 e. The van der Waals surface area contributed by atoms with Gasteiger partial charge in [0.05, 0.1) is 0 Å². The molecule has 116 valence electrons. The standard InChI is InChI=1S/C11H16O.2C2H4O2.Na.H/c1-3-4-7-10-8-5-6-9(2)11(10)12;2*1-2(3)4;;/h5-6,8,12H,3-4,7H2,1-2H3;2*1H3,(H,3,4);;/q;;;+1;-1. The number of carboxylic acid groups (broad SMARTS) is 2. The Labute approximate surface area is 149 Å². The van der Waals surface area contributed by atoms with E-state index in [1.165, 1.54) is 6.42 Å². The van der Waals surface area contributed by atoms with Crippen LogP contribution in [0.2, 0.25) is 0 Å². The van der Waals surface area contributed by atoms with Gasteiger partial charge in [0.1, 0.15) is 5.75 Å². The smallest absolute Gasteiger partial charge is 1.00 e. The summed E-state index contributed by atoms with van der Waals surface area (Å²) in [6.45, 7) is 6.26. The van der Waals surface area contributed by atoms with Gasteiger partial charge in [0.25, 0.3) is 11.9 Å². The number of para-hydroxylation sites is 1. The van der Waals surface area contributed by atoms with Crippen LogP contribution >= 0.6 is 0 Å². The van der Waals surface area contributed by atoms with Gasteiger partial charge in [-0.15, -0.1) is 0 Å². The summed E-state index contributed by atoms with van der Waals surface area (Å²) in [7, 11) is 0. The van der Waals surface area contributed by atoms with Crippen LogP contribution in [0.5, 0.6) is 5.75 Å². The van der Waals surface area contributed by atoms with E-state index in [1.807, 2.05) is 25.1 Å². The molecule has 0 amide bonds. The maximum absolute atomic E-state index is 9.62. The summed E-state index contributed by atoms with van der Waals surface area (Å²) in [5.74, 6) is -1.19. The SMILES string of the molecule is CC(=O)O.CC(=O)O.CCCCc1cccc(C)c1O.[H-].[Na+]. The summed E-state index contributed by atoms with van der Waals surface area (Å²) < 4.78 is 0. The van der Waals surface area contributed by atoms with Crippen molar-refractivity contribution in [1.29, 1.82) is 0 Å². The predicted molar refractivity (Wildman–Crippen MR) is 79.2 cm³/mol. The number of aliphatic carboxylic acids is 2. The topological polar surface area (TPSA) is 94.8 Å². The summed E-state index contributed by atoms with van der Waals surface area (Å²) >= 11 is 0. The van der Waals surface area contributed by atoms with E-state index in [1.54, 1.807) is 0 Å². The Hall–Kier alpha value is -1.04. The fourth-order valence-corrected chi connectivity index (χ4v) is 1.29. The molecule has 0 aliphatic heterocycles. The largest absolute Gasteiger partial charge is 1.00 e. The second-order valence-corrected chi connectivity index (χ2v) is 4.22. The van der Waals surface area contributed by atoms with E-state index in [0.29, 0.717) is 5.75 Å². The molecule has 0 unspecified atom stereocenters. The summed E-state index contributed by atoms with van der Waals surface area (Å²) in [6, 6.07) is 5.93. The van der Waals surface area contributed by atoms with Gasteiger partial charge in [0, 0.05) is 13.8 Å². The summed E-state index contributed by atoms with van der Waals surface area (Å²) in [6.07, 6.45) is 3.31. The van der Waals surface area contributed by atoms with Crippen LogP contribution in [0.3, 0.4) is 0 Å². The Morgan fingerprint density at radius 2 is 1.57 bits per heavy atom. The molecule has 5 nitrogen and oxygen atoms in total.